The molecule has 0 bridgehead atoms. The molecule has 0 amide bonds. The van der Waals surface area contributed by atoms with Crippen LogP contribution in [0.15, 0.2) is 12.2 Å². The van der Waals surface area contributed by atoms with Gasteiger partial charge in [-0.3, -0.25) is 0 Å². The maximum absolute atomic E-state index is 5.63. The molecule has 1 aromatic heterocycles. The van der Waals surface area contributed by atoms with Gasteiger partial charge in [0.15, 0.2) is 0 Å². The van der Waals surface area contributed by atoms with E-state index in [9.17, 15) is 0 Å². The molecule has 0 unspecified atom stereocenters. The number of nitrogens with one attached hydrogen (secondary N) is 1. The van der Waals surface area contributed by atoms with Gasteiger partial charge in [-0.25, -0.2) is 4.98 Å². The fourth-order valence-corrected chi connectivity index (χ4v) is 1.40. The topological polar surface area (TPSA) is 47.0 Å². The summed E-state index contributed by atoms with van der Waals surface area (Å²) in [7, 11) is 0. The van der Waals surface area contributed by atoms with Crippen LogP contribution in [0, 0.1) is 6.92 Å². The zero-order valence-electron chi connectivity index (χ0n) is 11.1. The molecule has 1 aromatic rings. The largest absolute Gasteiger partial charge is 0.473 e. The molecule has 4 nitrogen and oxygen atoms in total. The summed E-state index contributed by atoms with van der Waals surface area (Å²) in [5.41, 5.74) is 0.966. The highest BCUT2D eigenvalue weighted by atomic mass is 16.5. The van der Waals surface area contributed by atoms with Crippen LogP contribution in [0.2, 0.25) is 0 Å². The minimum absolute atomic E-state index is 0.545. The molecule has 0 aliphatic heterocycles. The first-order chi connectivity index (χ1) is 8.22. The average Bonchev–Trinajstić information content (AvgIpc) is 2.34. The first kappa shape index (κ1) is 13.5. The number of aryl methyl sites for hydroxylation is 1. The van der Waals surface area contributed by atoms with Crippen LogP contribution in [-0.4, -0.2) is 23.1 Å². The van der Waals surface area contributed by atoms with Gasteiger partial charge in [0.1, 0.15) is 18.2 Å². The van der Waals surface area contributed by atoms with Gasteiger partial charge in [-0.15, -0.1) is 0 Å². The molecule has 0 saturated heterocycles. The van der Waals surface area contributed by atoms with E-state index < -0.39 is 0 Å². The normalized spacial score (nSPS) is 10.8. The van der Waals surface area contributed by atoms with Crippen LogP contribution in [0.25, 0.3) is 0 Å². The van der Waals surface area contributed by atoms with E-state index in [4.69, 9.17) is 4.74 Å². The summed E-state index contributed by atoms with van der Waals surface area (Å²) in [5, 5.41) is 3.23. The molecule has 0 aliphatic rings. The van der Waals surface area contributed by atoms with Gasteiger partial charge in [0.05, 0.1) is 5.56 Å². The van der Waals surface area contributed by atoms with Crippen molar-refractivity contribution < 1.29 is 4.74 Å². The van der Waals surface area contributed by atoms with Crippen molar-refractivity contribution in [3.63, 3.8) is 0 Å². The van der Waals surface area contributed by atoms with E-state index in [1.165, 1.54) is 0 Å². The smallest absolute Gasteiger partial charge is 0.222 e. The molecule has 0 atom stereocenters. The summed E-state index contributed by atoms with van der Waals surface area (Å²) >= 11 is 0. The van der Waals surface area contributed by atoms with Crippen LogP contribution in [-0.2, 0) is 6.42 Å². The first-order valence-corrected chi connectivity index (χ1v) is 6.08. The Morgan fingerprint density at radius 1 is 1.29 bits per heavy atom. The zero-order valence-corrected chi connectivity index (χ0v) is 11.1. The highest BCUT2D eigenvalue weighted by molar-refractivity contribution is 5.48. The number of nitrogens with zero attached hydrogens (tertiary/aromatic N) is 2. The number of hydrogen-bond donors (Lipinski definition) is 1. The molecule has 94 valence electrons. The third kappa shape index (κ3) is 3.73. The molecule has 0 radical (unpaired) electrons. The van der Waals surface area contributed by atoms with Crippen LogP contribution < -0.4 is 10.1 Å². The van der Waals surface area contributed by atoms with E-state index in [0.717, 1.165) is 30.2 Å². The maximum Gasteiger partial charge on any atom is 0.222 e. The van der Waals surface area contributed by atoms with Crippen molar-refractivity contribution in [2.24, 2.45) is 0 Å². The standard InChI is InChI=1S/C13H21N3O/c1-5-8-9-17-13-10(4)12(14-7-3)15-11(6-2)16-13/h5,8H,6-7,9H2,1-4H3,(H,14,15,16)/b8-5+. The van der Waals surface area contributed by atoms with Crippen molar-refractivity contribution in [3.05, 3.63) is 23.5 Å². The second-order valence-electron chi connectivity index (χ2n) is 3.68. The lowest BCUT2D eigenvalue weighted by atomic mass is 10.3. The van der Waals surface area contributed by atoms with Crippen molar-refractivity contribution in [2.75, 3.05) is 18.5 Å². The predicted octanol–water partition coefficient (Wildman–Crippen LogP) is 2.73. The van der Waals surface area contributed by atoms with E-state index in [0.29, 0.717) is 12.5 Å². The second-order valence-corrected chi connectivity index (χ2v) is 3.68. The van der Waals surface area contributed by atoms with E-state index in [1.807, 2.05) is 39.8 Å². The summed E-state index contributed by atoms with van der Waals surface area (Å²) in [6.07, 6.45) is 4.72. The van der Waals surface area contributed by atoms with Gasteiger partial charge < -0.3 is 10.1 Å². The van der Waals surface area contributed by atoms with Crippen LogP contribution >= 0.6 is 0 Å². The first-order valence-electron chi connectivity index (χ1n) is 6.08. The van der Waals surface area contributed by atoms with E-state index >= 15 is 0 Å². The molecular weight excluding hydrogens is 214 g/mol. The highest BCUT2D eigenvalue weighted by Gasteiger charge is 2.10. The number of allylic oxidation sites excluding steroid dienone is 1. The van der Waals surface area contributed by atoms with E-state index in [2.05, 4.69) is 15.3 Å². The molecular formula is C13H21N3O. The molecule has 0 fully saturated rings. The van der Waals surface area contributed by atoms with Crippen LogP contribution in [0.5, 0.6) is 5.88 Å². The fourth-order valence-electron chi connectivity index (χ4n) is 1.40. The summed E-state index contributed by atoms with van der Waals surface area (Å²) in [5.74, 6) is 2.35. The number of aromatic nitrogens is 2. The van der Waals surface area contributed by atoms with Gasteiger partial charge in [0.25, 0.3) is 0 Å². The van der Waals surface area contributed by atoms with Crippen LogP contribution in [0.3, 0.4) is 0 Å². The Morgan fingerprint density at radius 3 is 2.65 bits per heavy atom. The Morgan fingerprint density at radius 2 is 2.06 bits per heavy atom. The Kier molecular flexibility index (Phi) is 5.46. The van der Waals surface area contributed by atoms with Crippen molar-refractivity contribution in [1.82, 2.24) is 9.97 Å². The minimum atomic E-state index is 0.545. The van der Waals surface area contributed by atoms with Gasteiger partial charge in [-0.2, -0.15) is 4.98 Å². The Labute approximate surface area is 103 Å². The second kappa shape index (κ2) is 6.89. The Bertz CT molecular complexity index is 388. The lowest BCUT2D eigenvalue weighted by Gasteiger charge is -2.12. The predicted molar refractivity (Wildman–Crippen MR) is 70.6 cm³/mol. The molecule has 0 aromatic carbocycles. The van der Waals surface area contributed by atoms with Gasteiger partial charge in [0, 0.05) is 13.0 Å². The molecule has 0 aliphatic carbocycles. The van der Waals surface area contributed by atoms with E-state index in [1.54, 1.807) is 0 Å². The Balaban J connectivity index is 2.96. The molecule has 4 heteroatoms. The number of ether oxygens (including phenoxy) is 1. The number of hydrogen-bond acceptors (Lipinski definition) is 4. The molecule has 1 rings (SSSR count). The highest BCUT2D eigenvalue weighted by Crippen LogP contribution is 2.22. The average molecular weight is 235 g/mol. The van der Waals surface area contributed by atoms with Gasteiger partial charge in [-0.1, -0.05) is 19.1 Å². The number of anilines is 1. The molecule has 1 heterocycles. The SMILES string of the molecule is C/C=C/COc1nc(CC)nc(NCC)c1C. The van der Waals surface area contributed by atoms with Gasteiger partial charge in [-0.05, 0) is 20.8 Å². The summed E-state index contributed by atoms with van der Waals surface area (Å²) < 4.78 is 5.63. The quantitative estimate of drug-likeness (QED) is 0.770. The molecule has 1 N–H and O–H groups in total. The lowest BCUT2D eigenvalue weighted by molar-refractivity contribution is 0.343. The summed E-state index contributed by atoms with van der Waals surface area (Å²) in [6, 6.07) is 0. The third-order valence-electron chi connectivity index (χ3n) is 2.36. The third-order valence-corrected chi connectivity index (χ3v) is 2.36. The minimum Gasteiger partial charge on any atom is -0.473 e. The molecule has 0 spiro atoms. The van der Waals surface area contributed by atoms with E-state index in [-0.39, 0.29) is 0 Å². The van der Waals surface area contributed by atoms with Gasteiger partial charge >= 0.3 is 0 Å². The summed E-state index contributed by atoms with van der Waals surface area (Å²) in [6.45, 7) is 9.42. The zero-order chi connectivity index (χ0) is 12.7. The molecule has 17 heavy (non-hydrogen) atoms. The van der Waals surface area contributed by atoms with Crippen molar-refractivity contribution in [2.45, 2.75) is 34.1 Å². The van der Waals surface area contributed by atoms with Crippen LogP contribution in [0.1, 0.15) is 32.2 Å². The summed E-state index contributed by atoms with van der Waals surface area (Å²) in [4.78, 5) is 8.85. The van der Waals surface area contributed by atoms with Crippen molar-refractivity contribution in [1.29, 1.82) is 0 Å². The van der Waals surface area contributed by atoms with Gasteiger partial charge in [0.2, 0.25) is 5.88 Å². The molecule has 0 saturated carbocycles. The van der Waals surface area contributed by atoms with Crippen LogP contribution in [0.4, 0.5) is 5.82 Å². The van der Waals surface area contributed by atoms with Crippen molar-refractivity contribution in [3.8, 4) is 5.88 Å². The number of rotatable bonds is 6. The lowest BCUT2D eigenvalue weighted by Crippen LogP contribution is -2.09. The monoisotopic (exact) mass is 235 g/mol. The Hall–Kier alpha value is -1.58. The van der Waals surface area contributed by atoms with Crippen molar-refractivity contribution >= 4 is 5.82 Å². The maximum atomic E-state index is 5.63. The fraction of sp³-hybridized carbons (Fsp3) is 0.538.